The Balaban J connectivity index is 1.72. The summed E-state index contributed by atoms with van der Waals surface area (Å²) >= 11 is 0. The Labute approximate surface area is 141 Å². The molecule has 24 heavy (non-hydrogen) atoms. The highest BCUT2D eigenvalue weighted by Gasteiger charge is 2.39. The molecule has 0 bridgehead atoms. The van der Waals surface area contributed by atoms with E-state index in [1.807, 2.05) is 49.4 Å². The lowest BCUT2D eigenvalue weighted by molar-refractivity contribution is -0.114. The first-order chi connectivity index (χ1) is 11.6. The van der Waals surface area contributed by atoms with Crippen molar-refractivity contribution in [1.29, 1.82) is 0 Å². The summed E-state index contributed by atoms with van der Waals surface area (Å²) in [6, 6.07) is 13.9. The van der Waals surface area contributed by atoms with Crippen LogP contribution in [0.5, 0.6) is 0 Å². The van der Waals surface area contributed by atoms with Gasteiger partial charge in [0.15, 0.2) is 0 Å². The fraction of sp³-hybridized carbons (Fsp3) is 0.300. The number of nitrogens with one attached hydrogen (secondary N) is 1. The van der Waals surface area contributed by atoms with Crippen LogP contribution in [0.25, 0.3) is 0 Å². The SMILES string of the molecule is Cc1ccc(CN2C(=O)C(=O)c3c(C4CCNC4)cccc32)cc1. The van der Waals surface area contributed by atoms with Crippen LogP contribution in [0, 0.1) is 6.92 Å². The molecule has 4 nitrogen and oxygen atoms in total. The molecule has 2 aromatic carbocycles. The number of aryl methyl sites for hydroxylation is 1. The molecule has 1 atom stereocenters. The first-order valence-electron chi connectivity index (χ1n) is 8.40. The molecule has 2 aliphatic rings. The quantitative estimate of drug-likeness (QED) is 0.885. The van der Waals surface area contributed by atoms with Crippen LogP contribution in [-0.2, 0) is 11.3 Å². The molecular weight excluding hydrogens is 300 g/mol. The molecule has 1 saturated heterocycles. The molecule has 0 aromatic heterocycles. The first kappa shape index (κ1) is 15.1. The minimum absolute atomic E-state index is 0.316. The summed E-state index contributed by atoms with van der Waals surface area (Å²) in [5.41, 5.74) is 4.60. The van der Waals surface area contributed by atoms with Crippen LogP contribution in [0.4, 0.5) is 5.69 Å². The van der Waals surface area contributed by atoms with Crippen LogP contribution in [0.2, 0.25) is 0 Å². The number of rotatable bonds is 3. The number of carbonyl (C=O) groups excluding carboxylic acids is 2. The molecular formula is C20H20N2O2. The highest BCUT2D eigenvalue weighted by Crippen LogP contribution is 2.37. The van der Waals surface area contributed by atoms with Crippen LogP contribution >= 0.6 is 0 Å². The molecule has 0 aliphatic carbocycles. The van der Waals surface area contributed by atoms with Gasteiger partial charge < -0.3 is 10.2 Å². The Hall–Kier alpha value is -2.46. The summed E-state index contributed by atoms with van der Waals surface area (Å²) in [4.78, 5) is 26.8. The largest absolute Gasteiger partial charge is 0.316 e. The predicted octanol–water partition coefficient (Wildman–Crippen LogP) is 2.80. The topological polar surface area (TPSA) is 49.4 Å². The fourth-order valence-electron chi connectivity index (χ4n) is 3.66. The molecule has 2 aromatic rings. The molecule has 4 heteroatoms. The number of fused-ring (bicyclic) bond motifs is 1. The zero-order valence-corrected chi connectivity index (χ0v) is 13.7. The van der Waals surface area contributed by atoms with Gasteiger partial charge in [0, 0.05) is 6.54 Å². The molecule has 0 radical (unpaired) electrons. The minimum Gasteiger partial charge on any atom is -0.316 e. The van der Waals surface area contributed by atoms with Crippen molar-refractivity contribution in [3.8, 4) is 0 Å². The van der Waals surface area contributed by atoms with Crippen molar-refractivity contribution in [3.05, 3.63) is 64.7 Å². The van der Waals surface area contributed by atoms with Crippen molar-refractivity contribution in [2.24, 2.45) is 0 Å². The van der Waals surface area contributed by atoms with Crippen LogP contribution in [0.15, 0.2) is 42.5 Å². The summed E-state index contributed by atoms with van der Waals surface area (Å²) in [5, 5.41) is 3.33. The first-order valence-corrected chi connectivity index (χ1v) is 8.40. The van der Waals surface area contributed by atoms with E-state index in [0.29, 0.717) is 18.0 Å². The maximum Gasteiger partial charge on any atom is 0.299 e. The van der Waals surface area contributed by atoms with Crippen LogP contribution in [-0.4, -0.2) is 24.8 Å². The number of hydrogen-bond donors (Lipinski definition) is 1. The minimum atomic E-state index is -0.413. The second-order valence-corrected chi connectivity index (χ2v) is 6.64. The zero-order chi connectivity index (χ0) is 16.7. The Bertz CT molecular complexity index is 805. The Morgan fingerprint density at radius 1 is 1.12 bits per heavy atom. The molecule has 1 N–H and O–H groups in total. The summed E-state index contributed by atoms with van der Waals surface area (Å²) in [6.07, 6.45) is 1.01. The van der Waals surface area contributed by atoms with E-state index in [9.17, 15) is 9.59 Å². The van der Waals surface area contributed by atoms with Gasteiger partial charge in [-0.3, -0.25) is 9.59 Å². The monoisotopic (exact) mass is 320 g/mol. The molecule has 122 valence electrons. The van der Waals surface area contributed by atoms with Crippen molar-refractivity contribution in [3.63, 3.8) is 0 Å². The lowest BCUT2D eigenvalue weighted by Gasteiger charge is -2.18. The summed E-state index contributed by atoms with van der Waals surface area (Å²) < 4.78 is 0. The fourth-order valence-corrected chi connectivity index (χ4v) is 3.66. The number of benzene rings is 2. The Kier molecular flexibility index (Phi) is 3.69. The third kappa shape index (κ3) is 2.43. The van der Waals surface area contributed by atoms with Crippen molar-refractivity contribution in [2.45, 2.75) is 25.8 Å². The summed E-state index contributed by atoms with van der Waals surface area (Å²) in [7, 11) is 0. The number of amides is 1. The average Bonchev–Trinajstić information content (AvgIpc) is 3.20. The van der Waals surface area contributed by atoms with E-state index in [1.165, 1.54) is 5.56 Å². The molecule has 1 unspecified atom stereocenters. The van der Waals surface area contributed by atoms with E-state index in [4.69, 9.17) is 0 Å². The Morgan fingerprint density at radius 2 is 1.92 bits per heavy atom. The molecule has 2 heterocycles. The number of hydrogen-bond acceptors (Lipinski definition) is 3. The number of nitrogens with zero attached hydrogens (tertiary/aromatic N) is 1. The Morgan fingerprint density at radius 3 is 2.62 bits per heavy atom. The normalized spacial score (nSPS) is 19.9. The van der Waals surface area contributed by atoms with Gasteiger partial charge in [0.2, 0.25) is 0 Å². The number of Topliss-reactive ketones (excluding diaryl/α,β-unsaturated/α-hetero) is 1. The third-order valence-electron chi connectivity index (χ3n) is 4.99. The number of anilines is 1. The van der Waals surface area contributed by atoms with Gasteiger partial charge in [0.25, 0.3) is 11.7 Å². The predicted molar refractivity (Wildman–Crippen MR) is 93.4 cm³/mol. The van der Waals surface area contributed by atoms with Gasteiger partial charge in [-0.2, -0.15) is 0 Å². The number of carbonyl (C=O) groups is 2. The van der Waals surface area contributed by atoms with Gasteiger partial charge in [-0.25, -0.2) is 0 Å². The van der Waals surface area contributed by atoms with Crippen LogP contribution in [0.1, 0.15) is 39.4 Å². The van der Waals surface area contributed by atoms with Crippen molar-refractivity contribution in [1.82, 2.24) is 5.32 Å². The van der Waals surface area contributed by atoms with E-state index in [-0.39, 0.29) is 5.78 Å². The van der Waals surface area contributed by atoms with Gasteiger partial charge in [0.05, 0.1) is 17.8 Å². The lowest BCUT2D eigenvalue weighted by atomic mass is 9.91. The van der Waals surface area contributed by atoms with Gasteiger partial charge in [-0.1, -0.05) is 42.0 Å². The van der Waals surface area contributed by atoms with E-state index in [2.05, 4.69) is 5.32 Å². The highest BCUT2D eigenvalue weighted by atomic mass is 16.2. The van der Waals surface area contributed by atoms with Gasteiger partial charge >= 0.3 is 0 Å². The highest BCUT2D eigenvalue weighted by molar-refractivity contribution is 6.52. The van der Waals surface area contributed by atoms with Crippen molar-refractivity contribution < 1.29 is 9.59 Å². The van der Waals surface area contributed by atoms with E-state index in [1.54, 1.807) is 4.90 Å². The summed E-state index contributed by atoms with van der Waals surface area (Å²) in [6.45, 7) is 4.30. The standard InChI is InChI=1S/C20H20N2O2/c1-13-5-7-14(8-6-13)12-22-17-4-2-3-16(15-9-10-21-11-15)18(17)19(23)20(22)24/h2-8,15,21H,9-12H2,1H3. The molecule has 1 amide bonds. The van der Waals surface area contributed by atoms with Gasteiger partial charge in [-0.15, -0.1) is 0 Å². The van der Waals surface area contributed by atoms with E-state index < -0.39 is 5.91 Å². The lowest BCUT2D eigenvalue weighted by Crippen LogP contribution is -2.29. The van der Waals surface area contributed by atoms with E-state index >= 15 is 0 Å². The maximum atomic E-state index is 12.6. The second kappa shape index (κ2) is 5.87. The zero-order valence-electron chi connectivity index (χ0n) is 13.7. The van der Waals surface area contributed by atoms with Gasteiger partial charge in [0.1, 0.15) is 0 Å². The molecule has 0 saturated carbocycles. The molecule has 1 fully saturated rings. The van der Waals surface area contributed by atoms with Crippen LogP contribution < -0.4 is 10.2 Å². The third-order valence-corrected chi connectivity index (χ3v) is 4.99. The van der Waals surface area contributed by atoms with Crippen LogP contribution in [0.3, 0.4) is 0 Å². The van der Waals surface area contributed by atoms with Gasteiger partial charge in [-0.05, 0) is 43.0 Å². The summed E-state index contributed by atoms with van der Waals surface area (Å²) in [5.74, 6) is -0.459. The van der Waals surface area contributed by atoms with E-state index in [0.717, 1.165) is 36.3 Å². The maximum absolute atomic E-state index is 12.6. The molecule has 4 rings (SSSR count). The number of ketones is 1. The van der Waals surface area contributed by atoms with Crippen molar-refractivity contribution >= 4 is 17.4 Å². The molecule has 2 aliphatic heterocycles. The van der Waals surface area contributed by atoms with Crippen molar-refractivity contribution in [2.75, 3.05) is 18.0 Å². The molecule has 0 spiro atoms. The average molecular weight is 320 g/mol. The smallest absolute Gasteiger partial charge is 0.299 e. The second-order valence-electron chi connectivity index (χ2n) is 6.64.